The van der Waals surface area contributed by atoms with Crippen molar-refractivity contribution in [2.24, 2.45) is 0 Å². The van der Waals surface area contributed by atoms with Crippen molar-refractivity contribution >= 4 is 45.7 Å². The van der Waals surface area contributed by atoms with Crippen LogP contribution in [0, 0.1) is 17.0 Å². The Morgan fingerprint density at radius 2 is 1.89 bits per heavy atom. The maximum Gasteiger partial charge on any atom is 0.296 e. The summed E-state index contributed by atoms with van der Waals surface area (Å²) in [5.74, 6) is -2.55. The highest BCUT2D eigenvalue weighted by Crippen LogP contribution is 2.43. The Kier molecular flexibility index (Phi) is 6.39. The number of allylic oxidation sites excluding steroid dienone is 1. The Morgan fingerprint density at radius 3 is 2.51 bits per heavy atom. The van der Waals surface area contributed by atoms with Crippen molar-refractivity contribution in [1.29, 1.82) is 0 Å². The quantitative estimate of drug-likeness (QED) is 0.219. The zero-order chi connectivity index (χ0) is 25.3. The van der Waals surface area contributed by atoms with Crippen LogP contribution in [0.5, 0.6) is 0 Å². The van der Waals surface area contributed by atoms with Crippen molar-refractivity contribution in [3.63, 3.8) is 0 Å². The second-order valence-corrected chi connectivity index (χ2v) is 8.75. The van der Waals surface area contributed by atoms with Crippen LogP contribution in [0.3, 0.4) is 0 Å². The second kappa shape index (κ2) is 9.43. The number of carbonyl (C=O) groups excluding carboxylic acids is 3. The third kappa shape index (κ3) is 4.51. The minimum atomic E-state index is -1.18. The van der Waals surface area contributed by atoms with Gasteiger partial charge in [-0.2, -0.15) is 0 Å². The Balaban J connectivity index is 1.84. The first-order valence-electron chi connectivity index (χ1n) is 10.5. The lowest BCUT2D eigenvalue weighted by Crippen LogP contribution is -2.30. The van der Waals surface area contributed by atoms with E-state index in [9.17, 15) is 29.6 Å². The molecule has 35 heavy (non-hydrogen) atoms. The highest BCUT2D eigenvalue weighted by molar-refractivity contribution is 7.17. The number of hydrogen-bond donors (Lipinski definition) is 1. The number of nitro benzene ring substituents is 1. The normalized spacial score (nSPS) is 15.8. The number of aliphatic hydroxyl groups excluding tert-OH is 1. The molecule has 0 bridgehead atoms. The van der Waals surface area contributed by atoms with Gasteiger partial charge in [0.15, 0.2) is 22.5 Å². The van der Waals surface area contributed by atoms with E-state index in [4.69, 9.17) is 0 Å². The number of ketones is 2. The van der Waals surface area contributed by atoms with E-state index in [1.165, 1.54) is 37.3 Å². The van der Waals surface area contributed by atoms with Gasteiger partial charge >= 0.3 is 0 Å². The number of non-ortho nitro benzene ring substituents is 1. The topological polar surface area (TPSA) is 131 Å². The molecule has 1 amide bonds. The Morgan fingerprint density at radius 1 is 1.17 bits per heavy atom. The summed E-state index contributed by atoms with van der Waals surface area (Å²) in [6, 6.07) is 13.3. The van der Waals surface area contributed by atoms with Gasteiger partial charge < -0.3 is 5.11 Å². The average molecular weight is 490 g/mol. The number of Topliss-reactive ketones (excluding diaryl/α,β-unsaturated/α-hetero) is 1. The molecule has 0 fully saturated rings. The number of anilines is 1. The number of aryl methyl sites for hydroxylation is 1. The first-order valence-corrected chi connectivity index (χ1v) is 11.3. The van der Waals surface area contributed by atoms with E-state index in [1.54, 1.807) is 37.3 Å². The Bertz CT molecular complexity index is 1420. The molecule has 4 rings (SSSR count). The van der Waals surface area contributed by atoms with Crippen molar-refractivity contribution in [3.05, 3.63) is 104 Å². The number of nitro groups is 1. The lowest BCUT2D eigenvalue weighted by molar-refractivity contribution is -0.384. The molecule has 1 aliphatic rings. The van der Waals surface area contributed by atoms with Crippen LogP contribution < -0.4 is 4.90 Å². The zero-order valence-corrected chi connectivity index (χ0v) is 19.5. The maximum absolute atomic E-state index is 13.2. The lowest BCUT2D eigenvalue weighted by Gasteiger charge is -2.24. The van der Waals surface area contributed by atoms with Gasteiger partial charge in [0.2, 0.25) is 0 Å². The summed E-state index contributed by atoms with van der Waals surface area (Å²) in [4.78, 5) is 54.9. The van der Waals surface area contributed by atoms with Gasteiger partial charge in [0.05, 0.1) is 27.1 Å². The molecular formula is C25H19N3O6S. The molecule has 1 atom stereocenters. The average Bonchev–Trinajstić information content (AvgIpc) is 3.35. The van der Waals surface area contributed by atoms with E-state index in [0.717, 1.165) is 21.8 Å². The molecule has 1 aliphatic heterocycles. The number of amides is 1. The SMILES string of the molecule is CC(=O)c1sc(N2C(=O)C(O)=C(C(=O)/C=C/c3ccccc3)C2c2cccc([N+](=O)[O-])c2)nc1C. The number of hydrogen-bond acceptors (Lipinski definition) is 8. The predicted molar refractivity (Wildman–Crippen MR) is 130 cm³/mol. The van der Waals surface area contributed by atoms with Gasteiger partial charge in [0.1, 0.15) is 0 Å². The molecule has 0 radical (unpaired) electrons. The summed E-state index contributed by atoms with van der Waals surface area (Å²) in [6.07, 6.45) is 2.78. The van der Waals surface area contributed by atoms with Gasteiger partial charge in [-0.05, 0) is 24.1 Å². The third-order valence-electron chi connectivity index (χ3n) is 5.41. The second-order valence-electron chi connectivity index (χ2n) is 7.77. The van der Waals surface area contributed by atoms with Gasteiger partial charge in [-0.3, -0.25) is 29.4 Å². The fourth-order valence-corrected chi connectivity index (χ4v) is 4.80. The van der Waals surface area contributed by atoms with Crippen LogP contribution in [-0.2, 0) is 9.59 Å². The Hall–Kier alpha value is -4.44. The minimum Gasteiger partial charge on any atom is -0.503 e. The first-order chi connectivity index (χ1) is 16.7. The van der Waals surface area contributed by atoms with Gasteiger partial charge in [-0.1, -0.05) is 59.9 Å². The molecule has 1 N–H and O–H groups in total. The number of rotatable bonds is 7. The summed E-state index contributed by atoms with van der Waals surface area (Å²) in [6.45, 7) is 2.98. The number of benzene rings is 2. The highest BCUT2D eigenvalue weighted by Gasteiger charge is 2.45. The fourth-order valence-electron chi connectivity index (χ4n) is 3.82. The minimum absolute atomic E-state index is 0.0931. The number of thiazole rings is 1. The van der Waals surface area contributed by atoms with Crippen LogP contribution in [0.25, 0.3) is 6.08 Å². The predicted octanol–water partition coefficient (Wildman–Crippen LogP) is 4.74. The van der Waals surface area contributed by atoms with Crippen LogP contribution >= 0.6 is 11.3 Å². The molecule has 1 aromatic heterocycles. The summed E-state index contributed by atoms with van der Waals surface area (Å²) >= 11 is 0.947. The van der Waals surface area contributed by atoms with E-state index < -0.39 is 28.4 Å². The Labute approximate surface area is 203 Å². The van der Waals surface area contributed by atoms with Crippen LogP contribution in [0.4, 0.5) is 10.8 Å². The number of aliphatic hydroxyl groups is 1. The molecule has 0 aliphatic carbocycles. The van der Waals surface area contributed by atoms with Crippen molar-refractivity contribution in [1.82, 2.24) is 4.98 Å². The molecule has 2 aromatic carbocycles. The molecule has 3 aromatic rings. The van der Waals surface area contributed by atoms with Crippen molar-refractivity contribution in [2.75, 3.05) is 4.90 Å². The highest BCUT2D eigenvalue weighted by atomic mass is 32.1. The van der Waals surface area contributed by atoms with E-state index >= 15 is 0 Å². The smallest absolute Gasteiger partial charge is 0.296 e. The van der Waals surface area contributed by atoms with Gasteiger partial charge in [-0.15, -0.1) is 0 Å². The molecule has 0 saturated heterocycles. The summed E-state index contributed by atoms with van der Waals surface area (Å²) in [5, 5.41) is 22.2. The largest absolute Gasteiger partial charge is 0.503 e. The molecule has 2 heterocycles. The van der Waals surface area contributed by atoms with Crippen molar-refractivity contribution in [2.45, 2.75) is 19.9 Å². The van der Waals surface area contributed by atoms with Crippen molar-refractivity contribution < 1.29 is 24.4 Å². The summed E-state index contributed by atoms with van der Waals surface area (Å²) < 4.78 is 0. The zero-order valence-electron chi connectivity index (χ0n) is 18.7. The lowest BCUT2D eigenvalue weighted by atomic mass is 9.95. The van der Waals surface area contributed by atoms with E-state index in [1.807, 2.05) is 6.07 Å². The van der Waals surface area contributed by atoms with E-state index in [2.05, 4.69) is 4.98 Å². The van der Waals surface area contributed by atoms with Gasteiger partial charge in [-0.25, -0.2) is 4.98 Å². The number of carbonyl (C=O) groups is 3. The summed E-state index contributed by atoms with van der Waals surface area (Å²) in [5.41, 5.74) is 0.889. The monoisotopic (exact) mass is 489 g/mol. The van der Waals surface area contributed by atoms with Crippen LogP contribution in [0.2, 0.25) is 0 Å². The van der Waals surface area contributed by atoms with Gasteiger partial charge in [0.25, 0.3) is 11.6 Å². The maximum atomic E-state index is 13.2. The molecule has 9 nitrogen and oxygen atoms in total. The number of aromatic nitrogens is 1. The molecule has 10 heteroatoms. The first kappa shape index (κ1) is 23.7. The van der Waals surface area contributed by atoms with Crippen LogP contribution in [0.1, 0.15) is 39.5 Å². The van der Waals surface area contributed by atoms with Crippen LogP contribution in [0.15, 0.2) is 72.0 Å². The molecule has 176 valence electrons. The van der Waals surface area contributed by atoms with Gasteiger partial charge in [0, 0.05) is 19.1 Å². The van der Waals surface area contributed by atoms with E-state index in [-0.39, 0.29) is 27.7 Å². The number of nitrogens with zero attached hydrogens (tertiary/aromatic N) is 3. The molecular weight excluding hydrogens is 470 g/mol. The molecule has 0 saturated carbocycles. The van der Waals surface area contributed by atoms with Crippen LogP contribution in [-0.4, -0.2) is 32.5 Å². The standard InChI is InChI=1S/C25H19N3O6S/c1-14-23(15(2)29)35-25(26-14)27-21(17-9-6-10-18(13-17)28(33)34)20(22(31)24(27)32)19(30)12-11-16-7-4-3-5-8-16/h3-13,21,31H,1-2H3/b12-11+. The van der Waals surface area contributed by atoms with Crippen molar-refractivity contribution in [3.8, 4) is 0 Å². The third-order valence-corrected chi connectivity index (χ3v) is 6.67. The summed E-state index contributed by atoms with van der Waals surface area (Å²) in [7, 11) is 0. The molecule has 1 unspecified atom stereocenters. The molecule has 0 spiro atoms. The van der Waals surface area contributed by atoms with E-state index in [0.29, 0.717) is 10.6 Å². The fraction of sp³-hybridized carbons (Fsp3) is 0.120.